The third kappa shape index (κ3) is 1.12. The number of hydrogen-bond acceptors (Lipinski definition) is 3. The van der Waals surface area contributed by atoms with E-state index in [0.29, 0.717) is 11.1 Å². The minimum atomic E-state index is -1.11. The molecule has 13 heavy (non-hydrogen) atoms. The van der Waals surface area contributed by atoms with Crippen molar-refractivity contribution in [3.8, 4) is 0 Å². The van der Waals surface area contributed by atoms with Gasteiger partial charge in [-0.3, -0.25) is 4.79 Å². The molecule has 0 amide bonds. The van der Waals surface area contributed by atoms with Crippen molar-refractivity contribution in [2.24, 2.45) is 4.99 Å². The van der Waals surface area contributed by atoms with Gasteiger partial charge in [-0.15, -0.1) is 0 Å². The van der Waals surface area contributed by atoms with E-state index < -0.39 is 5.97 Å². The molecule has 0 radical (unpaired) electrons. The van der Waals surface area contributed by atoms with Crippen LogP contribution in [-0.4, -0.2) is 22.6 Å². The highest BCUT2D eigenvalue weighted by molar-refractivity contribution is 6.45. The van der Waals surface area contributed by atoms with E-state index in [1.165, 1.54) is 18.4 Å². The van der Waals surface area contributed by atoms with Crippen LogP contribution in [0.15, 0.2) is 40.6 Å². The van der Waals surface area contributed by atoms with Gasteiger partial charge in [-0.2, -0.15) is 0 Å². The van der Waals surface area contributed by atoms with Crippen LogP contribution < -0.4 is 0 Å². The Hall–Kier alpha value is -1.97. The molecule has 0 atom stereocenters. The zero-order valence-corrected chi connectivity index (χ0v) is 6.52. The van der Waals surface area contributed by atoms with E-state index in [1.54, 1.807) is 6.08 Å². The van der Waals surface area contributed by atoms with Gasteiger partial charge in [0.2, 0.25) is 0 Å². The summed E-state index contributed by atoms with van der Waals surface area (Å²) in [6.07, 6.45) is 5.68. The van der Waals surface area contributed by atoms with Crippen LogP contribution in [0.3, 0.4) is 0 Å². The number of carboxylic acid groups (broad SMARTS) is 1. The molecule has 0 saturated heterocycles. The molecule has 0 unspecified atom stereocenters. The Morgan fingerprint density at radius 3 is 2.85 bits per heavy atom. The summed E-state index contributed by atoms with van der Waals surface area (Å²) in [5, 5.41) is 8.70. The van der Waals surface area contributed by atoms with E-state index in [-0.39, 0.29) is 11.5 Å². The normalized spacial score (nSPS) is 19.1. The SMILES string of the molecule is O=C1C=CC2=CN=C(C(=O)O)C2=C1. The third-order valence-corrected chi connectivity index (χ3v) is 1.82. The fourth-order valence-corrected chi connectivity index (χ4v) is 1.23. The van der Waals surface area contributed by atoms with Gasteiger partial charge in [0.15, 0.2) is 11.5 Å². The number of nitrogens with zero attached hydrogens (tertiary/aromatic N) is 1. The van der Waals surface area contributed by atoms with Crippen LogP contribution in [0.5, 0.6) is 0 Å². The van der Waals surface area contributed by atoms with E-state index in [9.17, 15) is 9.59 Å². The predicted molar refractivity (Wildman–Crippen MR) is 45.4 cm³/mol. The van der Waals surface area contributed by atoms with E-state index in [1.807, 2.05) is 0 Å². The average molecular weight is 175 g/mol. The van der Waals surface area contributed by atoms with Crippen molar-refractivity contribution in [3.63, 3.8) is 0 Å². The van der Waals surface area contributed by atoms with Crippen molar-refractivity contribution in [2.45, 2.75) is 0 Å². The maximum absolute atomic E-state index is 10.9. The second-order valence-corrected chi connectivity index (χ2v) is 2.66. The Bertz CT molecular complexity index is 424. The molecule has 0 aromatic heterocycles. The van der Waals surface area contributed by atoms with E-state index >= 15 is 0 Å². The van der Waals surface area contributed by atoms with Crippen LogP contribution in [0, 0.1) is 0 Å². The average Bonchev–Trinajstić information content (AvgIpc) is 2.46. The van der Waals surface area contributed by atoms with E-state index in [2.05, 4.69) is 4.99 Å². The molecule has 0 spiro atoms. The molecule has 4 heteroatoms. The summed E-state index contributed by atoms with van der Waals surface area (Å²) < 4.78 is 0. The monoisotopic (exact) mass is 175 g/mol. The van der Waals surface area contributed by atoms with Crippen molar-refractivity contribution in [1.29, 1.82) is 0 Å². The molecule has 0 aromatic carbocycles. The number of fused-ring (bicyclic) bond motifs is 1. The van der Waals surface area contributed by atoms with Crippen LogP contribution in [-0.2, 0) is 9.59 Å². The van der Waals surface area contributed by atoms with Gasteiger partial charge in [0.05, 0.1) is 0 Å². The van der Waals surface area contributed by atoms with Gasteiger partial charge in [-0.1, -0.05) is 0 Å². The first-order valence-corrected chi connectivity index (χ1v) is 3.64. The Kier molecular flexibility index (Phi) is 1.48. The van der Waals surface area contributed by atoms with Crippen molar-refractivity contribution >= 4 is 17.5 Å². The second kappa shape index (κ2) is 2.52. The molecule has 1 aliphatic carbocycles. The van der Waals surface area contributed by atoms with Crippen LogP contribution in [0.4, 0.5) is 0 Å². The van der Waals surface area contributed by atoms with Crippen LogP contribution in [0.2, 0.25) is 0 Å². The summed E-state index contributed by atoms with van der Waals surface area (Å²) in [6.45, 7) is 0. The first-order chi connectivity index (χ1) is 6.18. The first-order valence-electron chi connectivity index (χ1n) is 3.64. The van der Waals surface area contributed by atoms with Gasteiger partial charge in [0, 0.05) is 17.3 Å². The van der Waals surface area contributed by atoms with Gasteiger partial charge in [0.1, 0.15) is 0 Å². The van der Waals surface area contributed by atoms with Crippen molar-refractivity contribution in [2.75, 3.05) is 0 Å². The van der Waals surface area contributed by atoms with Crippen LogP contribution in [0.25, 0.3) is 0 Å². The maximum Gasteiger partial charge on any atom is 0.355 e. The molecule has 0 fully saturated rings. The molecule has 64 valence electrons. The summed E-state index contributed by atoms with van der Waals surface area (Å²) in [6, 6.07) is 0. The largest absolute Gasteiger partial charge is 0.476 e. The molecule has 4 nitrogen and oxygen atoms in total. The zero-order chi connectivity index (χ0) is 9.42. The summed E-state index contributed by atoms with van der Waals surface area (Å²) in [4.78, 5) is 25.3. The van der Waals surface area contributed by atoms with Gasteiger partial charge in [-0.25, -0.2) is 9.79 Å². The van der Waals surface area contributed by atoms with Gasteiger partial charge in [-0.05, 0) is 18.2 Å². The quantitative estimate of drug-likeness (QED) is 0.630. The second-order valence-electron chi connectivity index (χ2n) is 2.66. The molecule has 0 aromatic rings. The Labute approximate surface area is 73.6 Å². The lowest BCUT2D eigenvalue weighted by Crippen LogP contribution is -2.15. The molecule has 2 rings (SSSR count). The number of carboxylic acids is 1. The number of carbonyl (C=O) groups excluding carboxylic acids is 1. The summed E-state index contributed by atoms with van der Waals surface area (Å²) in [7, 11) is 0. The molecule has 1 aliphatic heterocycles. The van der Waals surface area contributed by atoms with Gasteiger partial charge in [0.25, 0.3) is 0 Å². The standard InChI is InChI=1S/C9H5NO3/c11-6-2-1-5-4-10-8(9(12)13)7(5)3-6/h1-4H,(H,12,13). The zero-order valence-electron chi connectivity index (χ0n) is 6.52. The molecule has 2 aliphatic rings. The number of aliphatic carboxylic acids is 1. The lowest BCUT2D eigenvalue weighted by molar-refractivity contribution is -0.129. The number of allylic oxidation sites excluding steroid dienone is 4. The first kappa shape index (κ1) is 7.67. The summed E-state index contributed by atoms with van der Waals surface area (Å²) >= 11 is 0. The number of aliphatic imine (C=N–C) groups is 1. The topological polar surface area (TPSA) is 66.7 Å². The molecule has 0 saturated carbocycles. The highest BCUT2D eigenvalue weighted by Crippen LogP contribution is 2.23. The summed E-state index contributed by atoms with van der Waals surface area (Å²) in [5.74, 6) is -1.32. The number of rotatable bonds is 1. The fraction of sp³-hybridized carbons (Fsp3) is 0. The minimum Gasteiger partial charge on any atom is -0.476 e. The minimum absolute atomic E-state index is 0.0623. The number of hydrogen-bond donors (Lipinski definition) is 1. The molecule has 1 heterocycles. The van der Waals surface area contributed by atoms with Gasteiger partial charge < -0.3 is 5.11 Å². The Morgan fingerprint density at radius 2 is 2.15 bits per heavy atom. The van der Waals surface area contributed by atoms with Crippen LogP contribution >= 0.6 is 0 Å². The highest BCUT2D eigenvalue weighted by atomic mass is 16.4. The van der Waals surface area contributed by atoms with Gasteiger partial charge >= 0.3 is 5.97 Å². The Balaban J connectivity index is 2.45. The summed E-state index contributed by atoms with van der Waals surface area (Å²) in [5.41, 5.74) is 1.02. The maximum atomic E-state index is 10.9. The van der Waals surface area contributed by atoms with E-state index in [0.717, 1.165) is 0 Å². The lowest BCUT2D eigenvalue weighted by atomic mass is 9.98. The third-order valence-electron chi connectivity index (χ3n) is 1.82. The van der Waals surface area contributed by atoms with E-state index in [4.69, 9.17) is 5.11 Å². The number of ketones is 1. The lowest BCUT2D eigenvalue weighted by Gasteiger charge is -2.04. The van der Waals surface area contributed by atoms with Crippen molar-refractivity contribution < 1.29 is 14.7 Å². The molecule has 1 N–H and O–H groups in total. The Morgan fingerprint density at radius 1 is 1.38 bits per heavy atom. The highest BCUT2D eigenvalue weighted by Gasteiger charge is 2.24. The predicted octanol–water partition coefficient (Wildman–Crippen LogP) is 0.475. The number of carbonyl (C=O) groups is 2. The van der Waals surface area contributed by atoms with Crippen LogP contribution in [0.1, 0.15) is 0 Å². The molecule has 0 bridgehead atoms. The molecular weight excluding hydrogens is 170 g/mol. The molecular formula is C9H5NO3. The fourth-order valence-electron chi connectivity index (χ4n) is 1.23. The van der Waals surface area contributed by atoms with Crippen molar-refractivity contribution in [3.05, 3.63) is 35.6 Å². The smallest absolute Gasteiger partial charge is 0.355 e. The van der Waals surface area contributed by atoms with Crippen molar-refractivity contribution in [1.82, 2.24) is 0 Å².